The Hall–Kier alpha value is -1.95. The number of carbonyl (C=O) groups is 2. The first-order valence-corrected chi connectivity index (χ1v) is 9.84. The fraction of sp³-hybridized carbons (Fsp3) is 0.619. The van der Waals surface area contributed by atoms with Crippen LogP contribution in [0.1, 0.15) is 44.2 Å². The highest BCUT2D eigenvalue weighted by atomic mass is 19.1. The number of piperidine rings is 2. The number of rotatable bonds is 5. The van der Waals surface area contributed by atoms with E-state index in [4.69, 9.17) is 4.74 Å². The zero-order valence-corrected chi connectivity index (χ0v) is 16.2. The molecule has 0 aliphatic carbocycles. The van der Waals surface area contributed by atoms with Crippen LogP contribution in [0, 0.1) is 17.7 Å². The summed E-state index contributed by atoms with van der Waals surface area (Å²) in [6.07, 6.45) is 2.94. The number of halogens is 1. The number of benzene rings is 1. The Morgan fingerprint density at radius 1 is 1.19 bits per heavy atom. The molecule has 0 saturated carbocycles. The topological polar surface area (TPSA) is 49.9 Å². The molecule has 1 aromatic carbocycles. The second kappa shape index (κ2) is 8.83. The van der Waals surface area contributed by atoms with Crippen LogP contribution in [0.4, 0.5) is 4.39 Å². The lowest BCUT2D eigenvalue weighted by atomic mass is 9.82. The summed E-state index contributed by atoms with van der Waals surface area (Å²) >= 11 is 0. The minimum atomic E-state index is -0.367. The van der Waals surface area contributed by atoms with E-state index in [0.717, 1.165) is 31.5 Å². The number of amides is 2. The van der Waals surface area contributed by atoms with Gasteiger partial charge >= 0.3 is 0 Å². The van der Waals surface area contributed by atoms with Gasteiger partial charge in [-0.1, -0.05) is 19.1 Å². The maximum Gasteiger partial charge on any atom is 0.228 e. The van der Waals surface area contributed by atoms with Crippen LogP contribution in [0.3, 0.4) is 0 Å². The van der Waals surface area contributed by atoms with Crippen molar-refractivity contribution in [1.82, 2.24) is 9.80 Å². The summed E-state index contributed by atoms with van der Waals surface area (Å²) in [5, 5.41) is 0. The minimum Gasteiger partial charge on any atom is -0.383 e. The number of nitrogens with zero attached hydrogens (tertiary/aromatic N) is 2. The molecule has 2 heterocycles. The van der Waals surface area contributed by atoms with Gasteiger partial charge in [0.2, 0.25) is 11.8 Å². The lowest BCUT2D eigenvalue weighted by Crippen LogP contribution is -2.51. The van der Waals surface area contributed by atoms with Crippen LogP contribution >= 0.6 is 0 Å². The third kappa shape index (κ3) is 4.49. The van der Waals surface area contributed by atoms with Gasteiger partial charge in [-0.3, -0.25) is 9.59 Å². The van der Waals surface area contributed by atoms with Gasteiger partial charge in [-0.25, -0.2) is 4.39 Å². The molecule has 2 aliphatic rings. The lowest BCUT2D eigenvalue weighted by molar-refractivity contribution is -0.149. The number of hydrogen-bond acceptors (Lipinski definition) is 3. The highest BCUT2D eigenvalue weighted by Crippen LogP contribution is 2.38. The van der Waals surface area contributed by atoms with Crippen molar-refractivity contribution in [3.05, 3.63) is 35.6 Å². The summed E-state index contributed by atoms with van der Waals surface area (Å²) in [5.74, 6) is 0.174. The summed E-state index contributed by atoms with van der Waals surface area (Å²) in [6.45, 7) is 4.61. The summed E-state index contributed by atoms with van der Waals surface area (Å²) < 4.78 is 18.6. The largest absolute Gasteiger partial charge is 0.383 e. The van der Waals surface area contributed by atoms with Crippen molar-refractivity contribution in [2.24, 2.45) is 11.8 Å². The van der Waals surface area contributed by atoms with Crippen molar-refractivity contribution >= 4 is 11.8 Å². The third-order valence-electron chi connectivity index (χ3n) is 5.87. The van der Waals surface area contributed by atoms with Gasteiger partial charge in [0.15, 0.2) is 0 Å². The maximum absolute atomic E-state index is 13.4. The average Bonchev–Trinajstić information content (AvgIpc) is 2.67. The Balaban J connectivity index is 1.88. The average molecular weight is 376 g/mol. The van der Waals surface area contributed by atoms with E-state index in [2.05, 4.69) is 6.92 Å². The van der Waals surface area contributed by atoms with Crippen molar-refractivity contribution in [3.8, 4) is 0 Å². The summed E-state index contributed by atoms with van der Waals surface area (Å²) in [6, 6.07) is 5.81. The molecule has 0 aromatic heterocycles. The van der Waals surface area contributed by atoms with E-state index < -0.39 is 0 Å². The maximum atomic E-state index is 13.4. The molecule has 2 amide bonds. The van der Waals surface area contributed by atoms with Gasteiger partial charge in [0.25, 0.3) is 0 Å². The SMILES string of the molecule is COCCN1C(=O)CC[C@@H](C(=O)N2CCC(C)CC2)[C@@H]1c1ccc(F)cc1. The number of hydrogen-bond donors (Lipinski definition) is 0. The smallest absolute Gasteiger partial charge is 0.228 e. The number of methoxy groups -OCH3 is 1. The third-order valence-corrected chi connectivity index (χ3v) is 5.87. The normalized spacial score (nSPS) is 24.3. The predicted octanol–water partition coefficient (Wildman–Crippen LogP) is 3.01. The quantitative estimate of drug-likeness (QED) is 0.794. The van der Waals surface area contributed by atoms with E-state index in [-0.39, 0.29) is 29.6 Å². The van der Waals surface area contributed by atoms with E-state index in [1.54, 1.807) is 24.1 Å². The molecule has 0 N–H and O–H groups in total. The zero-order valence-electron chi connectivity index (χ0n) is 16.2. The molecule has 3 rings (SSSR count). The Kier molecular flexibility index (Phi) is 6.47. The molecule has 0 spiro atoms. The molecule has 6 heteroatoms. The fourth-order valence-corrected chi connectivity index (χ4v) is 4.20. The second-order valence-electron chi connectivity index (χ2n) is 7.73. The molecule has 2 saturated heterocycles. The van der Waals surface area contributed by atoms with Gasteiger partial charge < -0.3 is 14.5 Å². The predicted molar refractivity (Wildman–Crippen MR) is 100 cm³/mol. The first-order valence-electron chi connectivity index (χ1n) is 9.84. The van der Waals surface area contributed by atoms with Crippen LogP contribution in [-0.4, -0.2) is 55.0 Å². The van der Waals surface area contributed by atoms with E-state index >= 15 is 0 Å². The molecule has 1 aromatic rings. The Bertz CT molecular complexity index is 656. The van der Waals surface area contributed by atoms with Crippen LogP contribution in [-0.2, 0) is 14.3 Å². The molecule has 5 nitrogen and oxygen atoms in total. The summed E-state index contributed by atoms with van der Waals surface area (Å²) in [7, 11) is 1.60. The number of carbonyl (C=O) groups excluding carboxylic acids is 2. The molecule has 148 valence electrons. The van der Waals surface area contributed by atoms with Gasteiger partial charge in [-0.05, 0) is 42.9 Å². The van der Waals surface area contributed by atoms with Crippen molar-refractivity contribution in [1.29, 1.82) is 0 Å². The molecule has 0 radical (unpaired) electrons. The van der Waals surface area contributed by atoms with E-state index in [0.29, 0.717) is 31.9 Å². The van der Waals surface area contributed by atoms with Crippen molar-refractivity contribution < 1.29 is 18.7 Å². The van der Waals surface area contributed by atoms with Gasteiger partial charge in [0, 0.05) is 33.2 Å². The molecule has 2 fully saturated rings. The molecular formula is C21H29FN2O3. The standard InChI is InChI=1S/C21H29FN2O3/c1-15-9-11-23(12-10-15)21(26)18-7-8-19(25)24(13-14-27-2)20(18)16-3-5-17(22)6-4-16/h3-6,15,18,20H,7-14H2,1-2H3/t18-,20+/m1/s1. The molecule has 0 unspecified atom stereocenters. The molecule has 0 bridgehead atoms. The van der Waals surface area contributed by atoms with Gasteiger partial charge in [0.1, 0.15) is 5.82 Å². The zero-order chi connectivity index (χ0) is 19.4. The summed E-state index contributed by atoms with van der Waals surface area (Å²) in [5.41, 5.74) is 0.810. The second-order valence-corrected chi connectivity index (χ2v) is 7.73. The van der Waals surface area contributed by atoms with E-state index in [1.807, 2.05) is 4.90 Å². The Morgan fingerprint density at radius 2 is 1.85 bits per heavy atom. The highest BCUT2D eigenvalue weighted by Gasteiger charge is 2.42. The molecule has 27 heavy (non-hydrogen) atoms. The molecule has 2 aliphatic heterocycles. The first-order chi connectivity index (χ1) is 13.0. The van der Waals surface area contributed by atoms with Crippen LogP contribution in [0.5, 0.6) is 0 Å². The number of ether oxygens (including phenoxy) is 1. The van der Waals surface area contributed by atoms with Crippen molar-refractivity contribution in [3.63, 3.8) is 0 Å². The van der Waals surface area contributed by atoms with Crippen LogP contribution in [0.25, 0.3) is 0 Å². The highest BCUT2D eigenvalue weighted by molar-refractivity contribution is 5.85. The van der Waals surface area contributed by atoms with Crippen molar-refractivity contribution in [2.45, 2.75) is 38.6 Å². The van der Waals surface area contributed by atoms with E-state index in [9.17, 15) is 14.0 Å². The van der Waals surface area contributed by atoms with Crippen LogP contribution in [0.2, 0.25) is 0 Å². The molecular weight excluding hydrogens is 347 g/mol. The van der Waals surface area contributed by atoms with Crippen LogP contribution in [0.15, 0.2) is 24.3 Å². The Labute approximate surface area is 160 Å². The first kappa shape index (κ1) is 19.8. The molecule has 2 atom stereocenters. The Morgan fingerprint density at radius 3 is 2.48 bits per heavy atom. The van der Waals surface area contributed by atoms with Crippen molar-refractivity contribution in [2.75, 3.05) is 33.4 Å². The summed E-state index contributed by atoms with van der Waals surface area (Å²) in [4.78, 5) is 29.6. The fourth-order valence-electron chi connectivity index (χ4n) is 4.20. The minimum absolute atomic E-state index is 0.0256. The van der Waals surface area contributed by atoms with Gasteiger partial charge in [-0.2, -0.15) is 0 Å². The van der Waals surface area contributed by atoms with Gasteiger partial charge in [0.05, 0.1) is 18.6 Å². The van der Waals surface area contributed by atoms with Gasteiger partial charge in [-0.15, -0.1) is 0 Å². The van der Waals surface area contributed by atoms with Crippen LogP contribution < -0.4 is 0 Å². The monoisotopic (exact) mass is 376 g/mol. The number of likely N-dealkylation sites (tertiary alicyclic amines) is 2. The lowest BCUT2D eigenvalue weighted by Gasteiger charge is -2.43. The van der Waals surface area contributed by atoms with E-state index in [1.165, 1.54) is 12.1 Å².